The number of likely N-dealkylation sites (tertiary alicyclic amines) is 1. The number of carbonyl (C=O) groups excluding carboxylic acids is 13. The molecular weight excluding hydrogens is 1390 g/mol. The Hall–Kier alpha value is -9.37. The van der Waals surface area contributed by atoms with Crippen molar-refractivity contribution >= 4 is 101 Å². The van der Waals surface area contributed by atoms with E-state index in [4.69, 9.17) is 22.3 Å². The maximum atomic E-state index is 14.2. The highest BCUT2D eigenvalue weighted by Crippen LogP contribution is 2.21. The van der Waals surface area contributed by atoms with Gasteiger partial charge in [-0.2, -0.15) is 0 Å². The molecule has 16 atom stereocenters. The molecule has 39 heteroatoms. The van der Waals surface area contributed by atoms with E-state index in [9.17, 15) is 102 Å². The largest absolute Gasteiger partial charge is 0.481 e. The first-order chi connectivity index (χ1) is 49.7. The van der Waals surface area contributed by atoms with Crippen LogP contribution in [-0.4, -0.2) is 253 Å². The molecule has 1 aliphatic rings. The molecule has 0 aliphatic carbocycles. The van der Waals surface area contributed by atoms with Crippen molar-refractivity contribution in [2.75, 3.05) is 26.2 Å². The van der Waals surface area contributed by atoms with Crippen LogP contribution in [0.15, 0.2) is 4.99 Å². The van der Waals surface area contributed by atoms with Crippen molar-refractivity contribution in [2.45, 2.75) is 282 Å². The van der Waals surface area contributed by atoms with E-state index in [1.165, 1.54) is 41.5 Å². The third-order valence-corrected chi connectivity index (χ3v) is 17.3. The van der Waals surface area contributed by atoms with E-state index < -0.39 is 205 Å². The Bertz CT molecular complexity index is 2990. The molecule has 1 saturated heterocycles. The van der Waals surface area contributed by atoms with Gasteiger partial charge < -0.3 is 117 Å². The normalized spacial score (nSPS) is 16.9. The number of nitrogens with zero attached hydrogens (tertiary/aromatic N) is 2. The van der Waals surface area contributed by atoms with Gasteiger partial charge in [0.2, 0.25) is 76.8 Å². The monoisotopic (exact) mass is 1510 g/mol. The first-order valence-electron chi connectivity index (χ1n) is 36.1. The van der Waals surface area contributed by atoms with Gasteiger partial charge in [-0.25, -0.2) is 4.79 Å². The first-order valence-corrected chi connectivity index (χ1v) is 36.1. The van der Waals surface area contributed by atoms with Gasteiger partial charge in [-0.15, -0.1) is 0 Å². The molecule has 0 saturated carbocycles. The molecule has 1 aliphatic heterocycles. The lowest BCUT2D eigenvalue weighted by atomic mass is 9.96. The number of carboxylic acids is 3. The Morgan fingerprint density at radius 2 is 0.915 bits per heavy atom. The third kappa shape index (κ3) is 35.1. The average Bonchev–Trinajstić information content (AvgIpc) is 1.58. The number of unbranched alkanes of at least 4 members (excludes halogenated alkanes) is 7. The Kier molecular flexibility index (Phi) is 44.1. The fraction of sp³-hybridized carbons (Fsp3) is 0.746. The van der Waals surface area contributed by atoms with Gasteiger partial charge in [0.25, 0.3) is 0 Å². The van der Waals surface area contributed by atoms with E-state index in [1.54, 1.807) is 6.92 Å². The van der Waals surface area contributed by atoms with E-state index in [0.29, 0.717) is 12.8 Å². The molecule has 0 radical (unpaired) electrons. The summed E-state index contributed by atoms with van der Waals surface area (Å²) in [5.74, 6) is -18.7. The molecule has 602 valence electrons. The quantitative estimate of drug-likeness (QED) is 0.0154. The molecule has 0 aromatic heterocycles. The number of nitrogens with one attached hydrogen (secondary N) is 12. The summed E-state index contributed by atoms with van der Waals surface area (Å²) in [6.45, 7) is 14.0. The van der Waals surface area contributed by atoms with Crippen LogP contribution in [0.2, 0.25) is 0 Å². The summed E-state index contributed by atoms with van der Waals surface area (Å²) in [5, 5.41) is 88.5. The van der Waals surface area contributed by atoms with Crippen LogP contribution >= 0.6 is 0 Å². The Morgan fingerprint density at radius 1 is 0.472 bits per heavy atom. The van der Waals surface area contributed by atoms with Crippen LogP contribution in [0.1, 0.15) is 191 Å². The molecule has 39 nitrogen and oxygen atoms in total. The molecule has 1 heterocycles. The van der Waals surface area contributed by atoms with Crippen LogP contribution < -0.4 is 81.0 Å². The van der Waals surface area contributed by atoms with Gasteiger partial charge in [0.1, 0.15) is 78.5 Å². The molecule has 0 aromatic carbocycles. The number of carboxylic acid groups (broad SMARTS) is 3. The topological polar surface area (TPSA) is 633 Å². The summed E-state index contributed by atoms with van der Waals surface area (Å²) >= 11 is 0. The number of aliphatic carboxylic acids is 3. The second-order valence-corrected chi connectivity index (χ2v) is 27.1. The number of amides is 13. The molecule has 24 N–H and O–H groups in total. The Morgan fingerprint density at radius 3 is 1.43 bits per heavy atom. The second-order valence-electron chi connectivity index (χ2n) is 27.1. The van der Waals surface area contributed by atoms with Gasteiger partial charge in [-0.05, 0) is 111 Å². The highest BCUT2D eigenvalue weighted by atomic mass is 16.4. The van der Waals surface area contributed by atoms with Gasteiger partial charge in [0.05, 0.1) is 31.7 Å². The molecular formula is C67H117N17O22. The number of nitrogens with two attached hydrogens (primary N) is 3. The zero-order chi connectivity index (χ0) is 80.7. The SMILES string of the molecule is CCCCCCCCCC(=O)N[C@@H](CC(C)C)C(=O)N[C@H](C(=O)N1CCC[C@H]1C(=O)N[C@H](C(=O)N[C@@H](C)C(=O)N[C@@H](CCCN=C(N)N)C(=O)N[C@@H](C)C(=O)N[C@@H](C)C(=O)N[C@@H](CO)C(=O)N[C@@H](CCCCN)C(=O)N[C@H](C(=O)N[C@@H](CC(=O)O)C(=O)N[C@@H](CC(=O)O)C(=O)O)[C@@H](C)CC)[C@@H](C)O)[C@@H](C)O. The zero-order valence-corrected chi connectivity index (χ0v) is 62.4. The number of hydrogen-bond acceptors (Lipinski definition) is 21. The van der Waals surface area contributed by atoms with Crippen molar-refractivity contribution in [3.05, 3.63) is 0 Å². The smallest absolute Gasteiger partial charge is 0.326 e. The summed E-state index contributed by atoms with van der Waals surface area (Å²) in [6, 6.07) is -20.4. The number of aliphatic hydroxyl groups is 3. The number of carbonyl (C=O) groups is 16. The number of aliphatic hydroxyl groups excluding tert-OH is 3. The van der Waals surface area contributed by atoms with Gasteiger partial charge in [-0.1, -0.05) is 79.6 Å². The minimum atomic E-state index is -2.02. The van der Waals surface area contributed by atoms with Crippen molar-refractivity contribution in [2.24, 2.45) is 34.0 Å². The maximum absolute atomic E-state index is 14.2. The van der Waals surface area contributed by atoms with E-state index in [0.717, 1.165) is 43.4 Å². The fourth-order valence-electron chi connectivity index (χ4n) is 11.0. The molecule has 0 spiro atoms. The predicted molar refractivity (Wildman–Crippen MR) is 382 cm³/mol. The van der Waals surface area contributed by atoms with Crippen LogP contribution in [0, 0.1) is 11.8 Å². The van der Waals surface area contributed by atoms with E-state index in [1.807, 2.05) is 19.2 Å². The van der Waals surface area contributed by atoms with Gasteiger partial charge in [0.15, 0.2) is 5.96 Å². The van der Waals surface area contributed by atoms with Crippen molar-refractivity contribution in [1.29, 1.82) is 0 Å². The molecule has 1 fully saturated rings. The summed E-state index contributed by atoms with van der Waals surface area (Å²) in [6.07, 6.45) is 2.77. The lowest BCUT2D eigenvalue weighted by Gasteiger charge is -2.32. The highest BCUT2D eigenvalue weighted by Gasteiger charge is 2.43. The summed E-state index contributed by atoms with van der Waals surface area (Å²) < 4.78 is 0. The maximum Gasteiger partial charge on any atom is 0.326 e. The van der Waals surface area contributed by atoms with Crippen LogP contribution in [0.4, 0.5) is 0 Å². The van der Waals surface area contributed by atoms with Crippen LogP contribution in [-0.2, 0) is 76.7 Å². The molecule has 0 bridgehead atoms. The number of hydrogen-bond donors (Lipinski definition) is 21. The molecule has 106 heavy (non-hydrogen) atoms. The van der Waals surface area contributed by atoms with E-state index >= 15 is 0 Å². The third-order valence-electron chi connectivity index (χ3n) is 17.3. The summed E-state index contributed by atoms with van der Waals surface area (Å²) in [7, 11) is 0. The molecule has 1 rings (SSSR count). The lowest BCUT2D eigenvalue weighted by molar-refractivity contribution is -0.148. The number of rotatable bonds is 52. The molecule has 0 aromatic rings. The van der Waals surface area contributed by atoms with Gasteiger partial charge >= 0.3 is 17.9 Å². The number of guanidine groups is 1. The van der Waals surface area contributed by atoms with Crippen molar-refractivity contribution in [3.8, 4) is 0 Å². The van der Waals surface area contributed by atoms with E-state index in [2.05, 4.69) is 70.4 Å². The van der Waals surface area contributed by atoms with Crippen molar-refractivity contribution in [1.82, 2.24) is 68.7 Å². The standard InChI is InChI=1S/C67H117N17O22/c1-11-13-14-15-16-17-18-26-48(88)75-43(30-34(3)4)60(99)83-53(40(10)87)65(104)84-29-22-25-47(84)62(101)82-52(39(9)86)64(103)74-38(8)55(94)76-42(24-21-28-71-67(69)70)57(96)73-36(6)54(93)72-37(7)56(95)80-46(33-85)61(100)77-41(23-19-20-27-68)58(97)81-51(35(5)12-2)63(102)78-44(31-49(89)90)59(98)79-45(66(105)106)32-50(91)92/h34-47,51-53,85-87H,11-33,68H2,1-10H3,(H,72,93)(H,73,96)(H,74,103)(H,75,88)(H,76,94)(H,77,100)(H,78,102)(H,79,98)(H,80,95)(H,81,97)(H,82,101)(H,83,99)(H,89,90)(H,91,92)(H,105,106)(H4,69,70,71)/t35-,36-,37-,38-,39+,40+,41-,42-,43-,44-,45-,46-,47-,51-,52-,53-/m0/s1. The molecule has 13 amide bonds. The minimum Gasteiger partial charge on any atom is -0.481 e. The summed E-state index contributed by atoms with van der Waals surface area (Å²) in [4.78, 5) is 218. The second kappa shape index (κ2) is 49.4. The van der Waals surface area contributed by atoms with Gasteiger partial charge in [0, 0.05) is 19.5 Å². The van der Waals surface area contributed by atoms with Crippen LogP contribution in [0.5, 0.6) is 0 Å². The molecule has 0 unspecified atom stereocenters. The fourth-order valence-corrected chi connectivity index (χ4v) is 11.0. The number of aliphatic imine (C=N–C) groups is 1. The summed E-state index contributed by atoms with van der Waals surface area (Å²) in [5.41, 5.74) is 16.6. The van der Waals surface area contributed by atoms with E-state index in [-0.39, 0.29) is 95.2 Å². The van der Waals surface area contributed by atoms with Crippen molar-refractivity contribution < 1.29 is 107 Å². The van der Waals surface area contributed by atoms with Gasteiger partial charge in [-0.3, -0.25) is 76.9 Å². The Labute approximate surface area is 616 Å². The highest BCUT2D eigenvalue weighted by molar-refractivity contribution is 6.00. The average molecular weight is 1510 g/mol. The predicted octanol–water partition coefficient (Wildman–Crippen LogP) is -4.94. The Balaban J connectivity index is 3.24. The van der Waals surface area contributed by atoms with Crippen LogP contribution in [0.3, 0.4) is 0 Å². The lowest BCUT2D eigenvalue weighted by Crippen LogP contribution is -2.62. The minimum absolute atomic E-state index is 0.000461. The zero-order valence-electron chi connectivity index (χ0n) is 62.4. The van der Waals surface area contributed by atoms with Crippen molar-refractivity contribution in [3.63, 3.8) is 0 Å². The first kappa shape index (κ1) is 94.6. The van der Waals surface area contributed by atoms with Crippen LogP contribution in [0.25, 0.3) is 0 Å².